The van der Waals surface area contributed by atoms with Crippen molar-refractivity contribution < 1.29 is 19.6 Å². The lowest BCUT2D eigenvalue weighted by atomic mass is 10.4. The van der Waals surface area contributed by atoms with Crippen LogP contribution in [0.1, 0.15) is 13.2 Å². The molecule has 1 aromatic heterocycles. The molecule has 1 heterocycles. The van der Waals surface area contributed by atoms with Gasteiger partial charge in [-0.1, -0.05) is 0 Å². The maximum Gasteiger partial charge on any atom is 0.354 e. The van der Waals surface area contributed by atoms with Gasteiger partial charge in [-0.15, -0.1) is 0 Å². The molecular formula is C9H10N2O6. The zero-order valence-corrected chi connectivity index (χ0v) is 8.90. The van der Waals surface area contributed by atoms with Crippen molar-refractivity contribution in [1.82, 2.24) is 4.57 Å². The van der Waals surface area contributed by atoms with Gasteiger partial charge in [-0.25, -0.2) is 4.79 Å². The third-order valence-electron chi connectivity index (χ3n) is 1.94. The summed E-state index contributed by atoms with van der Waals surface area (Å²) in [7, 11) is 0. The van der Waals surface area contributed by atoms with Crippen LogP contribution in [0.5, 0.6) is 0 Å². The SMILES string of the molecule is CCOC(C(=O)O)n1cccc([N+](=O)[O-])c1=O. The fourth-order valence-corrected chi connectivity index (χ4v) is 1.25. The minimum atomic E-state index is -1.56. The van der Waals surface area contributed by atoms with Crippen LogP contribution in [-0.4, -0.2) is 27.2 Å². The standard InChI is InChI=1S/C9H10N2O6/c1-2-17-8(9(13)14)10-5-3-4-6(7(10)12)11(15)16/h3-5,8H,2H2,1H3,(H,13,14). The van der Waals surface area contributed by atoms with E-state index in [2.05, 4.69) is 0 Å². The van der Waals surface area contributed by atoms with Gasteiger partial charge in [-0.05, 0) is 13.0 Å². The highest BCUT2D eigenvalue weighted by Crippen LogP contribution is 2.09. The molecule has 8 heteroatoms. The van der Waals surface area contributed by atoms with Gasteiger partial charge in [0.25, 0.3) is 0 Å². The van der Waals surface area contributed by atoms with Crippen molar-refractivity contribution in [2.24, 2.45) is 0 Å². The number of hydrogen-bond acceptors (Lipinski definition) is 5. The quantitative estimate of drug-likeness (QED) is 0.589. The van der Waals surface area contributed by atoms with E-state index in [4.69, 9.17) is 9.84 Å². The smallest absolute Gasteiger partial charge is 0.354 e. The van der Waals surface area contributed by atoms with Crippen LogP contribution in [0.2, 0.25) is 0 Å². The lowest BCUT2D eigenvalue weighted by Crippen LogP contribution is -2.32. The van der Waals surface area contributed by atoms with Crippen LogP contribution in [0.25, 0.3) is 0 Å². The number of carbonyl (C=O) groups is 1. The van der Waals surface area contributed by atoms with E-state index >= 15 is 0 Å². The Labute approximate surface area is 95.2 Å². The number of aliphatic carboxylic acids is 1. The molecule has 0 saturated carbocycles. The van der Waals surface area contributed by atoms with Crippen LogP contribution in [-0.2, 0) is 9.53 Å². The lowest BCUT2D eigenvalue weighted by Gasteiger charge is -2.14. The van der Waals surface area contributed by atoms with Crippen molar-refractivity contribution in [2.45, 2.75) is 13.2 Å². The monoisotopic (exact) mass is 242 g/mol. The number of aromatic nitrogens is 1. The molecular weight excluding hydrogens is 232 g/mol. The largest absolute Gasteiger partial charge is 0.478 e. The number of nitrogens with zero attached hydrogens (tertiary/aromatic N) is 2. The second-order valence-electron chi connectivity index (χ2n) is 3.01. The van der Waals surface area contributed by atoms with Crippen LogP contribution in [0.3, 0.4) is 0 Å². The Morgan fingerprint density at radius 3 is 2.82 bits per heavy atom. The molecule has 0 amide bonds. The molecule has 1 rings (SSSR count). The van der Waals surface area contributed by atoms with Gasteiger partial charge in [0.05, 0.1) is 4.92 Å². The summed E-state index contributed by atoms with van der Waals surface area (Å²) in [6.07, 6.45) is -0.434. The Morgan fingerprint density at radius 1 is 1.71 bits per heavy atom. The van der Waals surface area contributed by atoms with Gasteiger partial charge in [0.15, 0.2) is 0 Å². The molecule has 0 aliphatic heterocycles. The predicted molar refractivity (Wildman–Crippen MR) is 55.7 cm³/mol. The van der Waals surface area contributed by atoms with Gasteiger partial charge in [-0.3, -0.25) is 19.5 Å². The number of ether oxygens (including phenoxy) is 1. The van der Waals surface area contributed by atoms with Crippen LogP contribution >= 0.6 is 0 Å². The molecule has 0 bridgehead atoms. The van der Waals surface area contributed by atoms with E-state index in [9.17, 15) is 19.7 Å². The number of pyridine rings is 1. The van der Waals surface area contributed by atoms with E-state index in [-0.39, 0.29) is 6.61 Å². The van der Waals surface area contributed by atoms with Crippen molar-refractivity contribution in [3.8, 4) is 0 Å². The summed E-state index contributed by atoms with van der Waals surface area (Å²) in [6, 6.07) is 2.22. The fraction of sp³-hybridized carbons (Fsp3) is 0.333. The van der Waals surface area contributed by atoms with Gasteiger partial charge >= 0.3 is 17.2 Å². The first-order valence-corrected chi connectivity index (χ1v) is 4.69. The number of carboxylic acid groups (broad SMARTS) is 1. The number of nitro groups is 1. The van der Waals surface area contributed by atoms with Gasteiger partial charge in [0.1, 0.15) is 0 Å². The van der Waals surface area contributed by atoms with Crippen LogP contribution in [0.15, 0.2) is 23.1 Å². The van der Waals surface area contributed by atoms with Crippen molar-refractivity contribution >= 4 is 11.7 Å². The summed E-state index contributed by atoms with van der Waals surface area (Å²) < 4.78 is 5.52. The maximum atomic E-state index is 11.6. The molecule has 1 atom stereocenters. The summed E-state index contributed by atoms with van der Waals surface area (Å²) in [6.45, 7) is 1.62. The molecule has 0 aromatic carbocycles. The van der Waals surface area contributed by atoms with E-state index in [0.717, 1.165) is 12.3 Å². The Hall–Kier alpha value is -2.22. The second-order valence-corrected chi connectivity index (χ2v) is 3.01. The highest BCUT2D eigenvalue weighted by Gasteiger charge is 2.24. The summed E-state index contributed by atoms with van der Waals surface area (Å²) in [5.41, 5.74) is -1.71. The van der Waals surface area contributed by atoms with Crippen LogP contribution in [0.4, 0.5) is 5.69 Å². The van der Waals surface area contributed by atoms with Crippen LogP contribution < -0.4 is 5.56 Å². The Kier molecular flexibility index (Phi) is 3.94. The Morgan fingerprint density at radius 2 is 2.35 bits per heavy atom. The number of carboxylic acids is 1. The summed E-state index contributed by atoms with van der Waals surface area (Å²) in [5, 5.41) is 19.4. The van der Waals surface area contributed by atoms with Crippen molar-refractivity contribution in [2.75, 3.05) is 6.61 Å². The molecule has 8 nitrogen and oxygen atoms in total. The third-order valence-corrected chi connectivity index (χ3v) is 1.94. The Bertz CT molecular complexity index is 495. The highest BCUT2D eigenvalue weighted by molar-refractivity contribution is 5.70. The molecule has 1 N–H and O–H groups in total. The predicted octanol–water partition coefficient (Wildman–Crippen LogP) is 0.376. The normalized spacial score (nSPS) is 12.1. The molecule has 0 spiro atoms. The van der Waals surface area contributed by atoms with Crippen LogP contribution in [0, 0.1) is 10.1 Å². The van der Waals surface area contributed by atoms with E-state index in [1.54, 1.807) is 6.92 Å². The number of hydrogen-bond donors (Lipinski definition) is 1. The van der Waals surface area contributed by atoms with Gasteiger partial charge < -0.3 is 9.84 Å². The molecule has 0 radical (unpaired) electrons. The fourth-order valence-electron chi connectivity index (χ4n) is 1.25. The van der Waals surface area contributed by atoms with Crippen molar-refractivity contribution in [3.05, 3.63) is 38.8 Å². The molecule has 0 fully saturated rings. The van der Waals surface area contributed by atoms with Crippen molar-refractivity contribution in [3.63, 3.8) is 0 Å². The Balaban J connectivity index is 3.30. The molecule has 1 aromatic rings. The van der Waals surface area contributed by atoms with Gasteiger partial charge in [-0.2, -0.15) is 0 Å². The molecule has 0 aliphatic carbocycles. The van der Waals surface area contributed by atoms with E-state index in [0.29, 0.717) is 4.57 Å². The maximum absolute atomic E-state index is 11.6. The first-order valence-electron chi connectivity index (χ1n) is 4.69. The number of rotatable bonds is 5. The summed E-state index contributed by atoms with van der Waals surface area (Å²) >= 11 is 0. The van der Waals surface area contributed by atoms with Gasteiger partial charge in [0, 0.05) is 18.9 Å². The minimum Gasteiger partial charge on any atom is -0.478 e. The average molecular weight is 242 g/mol. The molecule has 1 unspecified atom stereocenters. The van der Waals surface area contributed by atoms with E-state index < -0.39 is 28.4 Å². The van der Waals surface area contributed by atoms with E-state index in [1.807, 2.05) is 0 Å². The molecule has 0 saturated heterocycles. The first-order chi connectivity index (χ1) is 7.99. The molecule has 0 aliphatic rings. The minimum absolute atomic E-state index is 0.0616. The van der Waals surface area contributed by atoms with Gasteiger partial charge in [0.2, 0.25) is 6.23 Å². The lowest BCUT2D eigenvalue weighted by molar-refractivity contribution is -0.386. The first kappa shape index (κ1) is 12.8. The zero-order chi connectivity index (χ0) is 13.0. The average Bonchev–Trinajstić information content (AvgIpc) is 2.26. The highest BCUT2D eigenvalue weighted by atomic mass is 16.6. The zero-order valence-electron chi connectivity index (χ0n) is 8.90. The summed E-state index contributed by atoms with van der Waals surface area (Å²) in [4.78, 5) is 32.1. The summed E-state index contributed by atoms with van der Waals surface area (Å²) in [5.74, 6) is -1.39. The molecule has 92 valence electrons. The molecule has 17 heavy (non-hydrogen) atoms. The topological polar surface area (TPSA) is 112 Å². The third kappa shape index (κ3) is 2.67. The van der Waals surface area contributed by atoms with Crippen molar-refractivity contribution in [1.29, 1.82) is 0 Å². The van der Waals surface area contributed by atoms with E-state index in [1.165, 1.54) is 6.07 Å². The second kappa shape index (κ2) is 5.21.